The summed E-state index contributed by atoms with van der Waals surface area (Å²) < 4.78 is 5.44. The smallest absolute Gasteiger partial charge is 0.234 e. The van der Waals surface area contributed by atoms with Gasteiger partial charge in [-0.15, -0.1) is 0 Å². The lowest BCUT2D eigenvalue weighted by Crippen LogP contribution is -2.51. The Morgan fingerprint density at radius 2 is 1.86 bits per heavy atom. The summed E-state index contributed by atoms with van der Waals surface area (Å²) in [5.74, 6) is 0.921. The number of hydrogen-bond acceptors (Lipinski definition) is 4. The van der Waals surface area contributed by atoms with Crippen LogP contribution in [0.4, 0.5) is 0 Å². The van der Waals surface area contributed by atoms with Gasteiger partial charge in [-0.25, -0.2) is 0 Å². The highest BCUT2D eigenvalue weighted by Gasteiger charge is 2.33. The summed E-state index contributed by atoms with van der Waals surface area (Å²) in [4.78, 5) is 26.4. The lowest BCUT2D eigenvalue weighted by atomic mass is 9.86. The third-order valence-electron chi connectivity index (χ3n) is 6.34. The van der Waals surface area contributed by atoms with Gasteiger partial charge in [0, 0.05) is 32.7 Å². The van der Waals surface area contributed by atoms with Crippen LogP contribution < -0.4 is 11.1 Å². The standard InChI is InChI=1S/C23H35N3O3/c24-23(28)21-16-19(9-13-26(21)17-20-10-14-29-15-11-20)8-12-25-22(27)7-6-18-4-2-1-3-5-18/h1-5,19-21H,6-17H2,(H2,24,28)(H,25,27). The van der Waals surface area contributed by atoms with Crippen LogP contribution in [0.2, 0.25) is 0 Å². The predicted octanol–water partition coefficient (Wildman–Crippen LogP) is 2.12. The average molecular weight is 402 g/mol. The van der Waals surface area contributed by atoms with Gasteiger partial charge < -0.3 is 15.8 Å². The van der Waals surface area contributed by atoms with Crippen molar-refractivity contribution < 1.29 is 14.3 Å². The fourth-order valence-corrected chi connectivity index (χ4v) is 4.53. The van der Waals surface area contributed by atoms with Crippen molar-refractivity contribution in [2.45, 2.75) is 51.0 Å². The number of hydrogen-bond donors (Lipinski definition) is 2. The number of primary amides is 1. The normalized spacial score (nSPS) is 23.6. The van der Waals surface area contributed by atoms with Crippen molar-refractivity contribution in [3.8, 4) is 0 Å². The molecule has 2 aliphatic heterocycles. The minimum Gasteiger partial charge on any atom is -0.381 e. The SMILES string of the molecule is NC(=O)C1CC(CCNC(=O)CCc2ccccc2)CCN1CC1CCOCC1. The fourth-order valence-electron chi connectivity index (χ4n) is 4.53. The lowest BCUT2D eigenvalue weighted by Gasteiger charge is -2.40. The number of carbonyl (C=O) groups excluding carboxylic acids is 2. The molecule has 2 saturated heterocycles. The zero-order valence-corrected chi connectivity index (χ0v) is 17.4. The van der Waals surface area contributed by atoms with Gasteiger partial charge in [0.15, 0.2) is 0 Å². The van der Waals surface area contributed by atoms with E-state index in [1.165, 1.54) is 5.56 Å². The van der Waals surface area contributed by atoms with Gasteiger partial charge in [0.2, 0.25) is 11.8 Å². The van der Waals surface area contributed by atoms with Crippen molar-refractivity contribution in [1.82, 2.24) is 10.2 Å². The number of ether oxygens (including phenoxy) is 1. The second-order valence-corrected chi connectivity index (χ2v) is 8.48. The molecule has 3 rings (SSSR count). The maximum atomic E-state index is 12.1. The molecule has 0 bridgehead atoms. The highest BCUT2D eigenvalue weighted by molar-refractivity contribution is 5.80. The molecular weight excluding hydrogens is 366 g/mol. The number of benzene rings is 1. The number of rotatable bonds is 9. The molecule has 2 aliphatic rings. The minimum absolute atomic E-state index is 0.0947. The third kappa shape index (κ3) is 7.12. The molecule has 29 heavy (non-hydrogen) atoms. The highest BCUT2D eigenvalue weighted by Crippen LogP contribution is 2.27. The van der Waals surface area contributed by atoms with Crippen molar-refractivity contribution in [3.63, 3.8) is 0 Å². The Morgan fingerprint density at radius 1 is 1.10 bits per heavy atom. The van der Waals surface area contributed by atoms with E-state index in [1.807, 2.05) is 30.3 Å². The Morgan fingerprint density at radius 3 is 2.59 bits per heavy atom. The molecule has 0 radical (unpaired) electrons. The molecule has 0 saturated carbocycles. The van der Waals surface area contributed by atoms with E-state index >= 15 is 0 Å². The summed E-state index contributed by atoms with van der Waals surface area (Å²) in [5, 5.41) is 3.04. The lowest BCUT2D eigenvalue weighted by molar-refractivity contribution is -0.126. The summed E-state index contributed by atoms with van der Waals surface area (Å²) >= 11 is 0. The molecule has 2 fully saturated rings. The van der Waals surface area contributed by atoms with Crippen molar-refractivity contribution >= 4 is 11.8 Å². The first kappa shape index (κ1) is 21.8. The summed E-state index contributed by atoms with van der Waals surface area (Å²) in [6.45, 7) is 4.18. The van der Waals surface area contributed by atoms with E-state index < -0.39 is 0 Å². The summed E-state index contributed by atoms with van der Waals surface area (Å²) in [6.07, 6.45) is 6.19. The van der Waals surface area contributed by atoms with E-state index in [2.05, 4.69) is 10.2 Å². The number of nitrogens with two attached hydrogens (primary N) is 1. The Labute approximate surface area is 174 Å². The number of likely N-dealkylation sites (tertiary alicyclic amines) is 1. The molecule has 2 atom stereocenters. The van der Waals surface area contributed by atoms with E-state index in [4.69, 9.17) is 10.5 Å². The first-order valence-electron chi connectivity index (χ1n) is 11.0. The topological polar surface area (TPSA) is 84.7 Å². The highest BCUT2D eigenvalue weighted by atomic mass is 16.5. The van der Waals surface area contributed by atoms with Crippen molar-refractivity contribution in [2.75, 3.05) is 32.8 Å². The van der Waals surface area contributed by atoms with Gasteiger partial charge in [-0.2, -0.15) is 0 Å². The summed E-state index contributed by atoms with van der Waals surface area (Å²) in [5.41, 5.74) is 6.91. The Kier molecular flexibility index (Phi) is 8.50. The van der Waals surface area contributed by atoms with Crippen LogP contribution in [0.25, 0.3) is 0 Å². The monoisotopic (exact) mass is 401 g/mol. The maximum absolute atomic E-state index is 12.1. The third-order valence-corrected chi connectivity index (χ3v) is 6.34. The first-order chi connectivity index (χ1) is 14.1. The molecule has 6 nitrogen and oxygen atoms in total. The quantitative estimate of drug-likeness (QED) is 0.664. The number of aryl methyl sites for hydroxylation is 1. The second kappa shape index (κ2) is 11.3. The van der Waals surface area contributed by atoms with E-state index in [-0.39, 0.29) is 17.9 Å². The molecule has 2 heterocycles. The van der Waals surface area contributed by atoms with Crippen molar-refractivity contribution in [1.29, 1.82) is 0 Å². The van der Waals surface area contributed by atoms with Gasteiger partial charge in [-0.1, -0.05) is 30.3 Å². The maximum Gasteiger partial charge on any atom is 0.234 e. The number of carbonyl (C=O) groups is 2. The van der Waals surface area contributed by atoms with Crippen LogP contribution in [0.1, 0.15) is 44.1 Å². The molecule has 3 N–H and O–H groups in total. The Hall–Kier alpha value is -1.92. The van der Waals surface area contributed by atoms with Crippen molar-refractivity contribution in [2.24, 2.45) is 17.6 Å². The number of nitrogens with one attached hydrogen (secondary N) is 1. The fraction of sp³-hybridized carbons (Fsp3) is 0.652. The largest absolute Gasteiger partial charge is 0.381 e. The Bertz CT molecular complexity index is 646. The van der Waals surface area contributed by atoms with Gasteiger partial charge >= 0.3 is 0 Å². The van der Waals surface area contributed by atoms with Crippen LogP contribution in [-0.4, -0.2) is 55.6 Å². The van der Waals surface area contributed by atoms with Crippen molar-refractivity contribution in [3.05, 3.63) is 35.9 Å². The number of piperidine rings is 1. The Balaban J connectivity index is 1.37. The molecule has 160 valence electrons. The average Bonchev–Trinajstić information content (AvgIpc) is 2.74. The number of amides is 2. The molecule has 2 amide bonds. The van der Waals surface area contributed by atoms with Crippen LogP contribution in [0.3, 0.4) is 0 Å². The molecule has 0 spiro atoms. The molecule has 0 aromatic heterocycles. The molecule has 0 aliphatic carbocycles. The van der Waals surface area contributed by atoms with E-state index in [0.29, 0.717) is 24.8 Å². The second-order valence-electron chi connectivity index (χ2n) is 8.48. The van der Waals surface area contributed by atoms with E-state index in [0.717, 1.165) is 64.8 Å². The number of nitrogens with zero attached hydrogens (tertiary/aromatic N) is 1. The first-order valence-corrected chi connectivity index (χ1v) is 11.0. The molecule has 1 aromatic rings. The predicted molar refractivity (Wildman–Crippen MR) is 113 cm³/mol. The van der Waals surface area contributed by atoms with Gasteiger partial charge in [0.1, 0.15) is 0 Å². The van der Waals surface area contributed by atoms with E-state index in [1.54, 1.807) is 0 Å². The van der Waals surface area contributed by atoms with Gasteiger partial charge in [0.05, 0.1) is 6.04 Å². The van der Waals surface area contributed by atoms with Crippen LogP contribution in [0.5, 0.6) is 0 Å². The van der Waals surface area contributed by atoms with Crippen LogP contribution in [0, 0.1) is 11.8 Å². The molecule has 6 heteroatoms. The summed E-state index contributed by atoms with van der Waals surface area (Å²) in [6, 6.07) is 9.90. The van der Waals surface area contributed by atoms with E-state index in [9.17, 15) is 9.59 Å². The molecule has 2 unspecified atom stereocenters. The van der Waals surface area contributed by atoms with Crippen LogP contribution in [-0.2, 0) is 20.7 Å². The zero-order valence-electron chi connectivity index (χ0n) is 17.4. The van der Waals surface area contributed by atoms with Gasteiger partial charge in [-0.3, -0.25) is 14.5 Å². The zero-order chi connectivity index (χ0) is 20.5. The van der Waals surface area contributed by atoms with Gasteiger partial charge in [0.25, 0.3) is 0 Å². The minimum atomic E-state index is -0.214. The van der Waals surface area contributed by atoms with Gasteiger partial charge in [-0.05, 0) is 62.5 Å². The molecule has 1 aromatic carbocycles. The molecular formula is C23H35N3O3. The van der Waals surface area contributed by atoms with Crippen LogP contribution in [0.15, 0.2) is 30.3 Å². The van der Waals surface area contributed by atoms with Crippen LogP contribution >= 0.6 is 0 Å². The summed E-state index contributed by atoms with van der Waals surface area (Å²) in [7, 11) is 0.